The molecule has 0 spiro atoms. The van der Waals surface area contributed by atoms with Crippen LogP contribution in [0, 0.1) is 0 Å². The zero-order chi connectivity index (χ0) is 20.7. The molecule has 0 fully saturated rings. The van der Waals surface area contributed by atoms with Crippen molar-refractivity contribution >= 4 is 17.0 Å². The summed E-state index contributed by atoms with van der Waals surface area (Å²) < 4.78 is 31.8. The average molecular weight is 408 g/mol. The number of pyridine rings is 1. The fourth-order valence-corrected chi connectivity index (χ4v) is 3.05. The number of nitrogen functional groups attached to an aromatic ring is 1. The Morgan fingerprint density at radius 3 is 2.70 bits per heavy atom. The zero-order valence-corrected chi connectivity index (χ0v) is 15.3. The van der Waals surface area contributed by atoms with E-state index in [0.717, 1.165) is 27.9 Å². The monoisotopic (exact) mass is 408 g/mol. The number of nitrogens with one attached hydrogen (secondary N) is 1. The lowest BCUT2D eigenvalue weighted by Crippen LogP contribution is -2.01. The van der Waals surface area contributed by atoms with E-state index in [9.17, 15) is 8.78 Å². The second kappa shape index (κ2) is 7.03. The molecule has 4 heterocycles. The van der Waals surface area contributed by atoms with E-state index in [1.165, 1.54) is 6.20 Å². The third-order valence-electron chi connectivity index (χ3n) is 4.49. The van der Waals surface area contributed by atoms with E-state index in [1.807, 2.05) is 24.4 Å². The van der Waals surface area contributed by atoms with Crippen LogP contribution in [0.2, 0.25) is 0 Å². The van der Waals surface area contributed by atoms with Crippen molar-refractivity contribution in [3.63, 3.8) is 0 Å². The van der Waals surface area contributed by atoms with Crippen molar-refractivity contribution in [1.29, 1.82) is 0 Å². The molecule has 9 nitrogen and oxygen atoms in total. The van der Waals surface area contributed by atoms with Crippen molar-refractivity contribution < 1.29 is 13.2 Å². The number of rotatable bonds is 5. The first-order chi connectivity index (χ1) is 14.5. The molecule has 0 aliphatic carbocycles. The second-order valence-corrected chi connectivity index (χ2v) is 6.56. The fourth-order valence-electron chi connectivity index (χ4n) is 3.05. The summed E-state index contributed by atoms with van der Waals surface area (Å²) in [6.45, 7) is 0.435. The number of alkyl halides is 2. The number of imidazole rings is 1. The number of anilines is 1. The molecule has 0 bridgehead atoms. The molecule has 0 aliphatic heterocycles. The van der Waals surface area contributed by atoms with Gasteiger partial charge in [-0.2, -0.15) is 13.9 Å². The maximum absolute atomic E-state index is 12.6. The molecule has 5 rings (SSSR count). The molecule has 1 aromatic carbocycles. The quantitative estimate of drug-likeness (QED) is 0.456. The molecular weight excluding hydrogens is 394 g/mol. The van der Waals surface area contributed by atoms with E-state index in [4.69, 9.17) is 10.2 Å². The van der Waals surface area contributed by atoms with Gasteiger partial charge in [-0.25, -0.2) is 4.98 Å². The van der Waals surface area contributed by atoms with Gasteiger partial charge in [-0.05, 0) is 29.8 Å². The maximum Gasteiger partial charge on any atom is 0.314 e. The van der Waals surface area contributed by atoms with E-state index in [1.54, 1.807) is 23.0 Å². The summed E-state index contributed by atoms with van der Waals surface area (Å²) in [6.07, 6.45) is 2.35. The molecule has 30 heavy (non-hydrogen) atoms. The lowest BCUT2D eigenvalue weighted by Gasteiger charge is -2.02. The molecule has 0 unspecified atom stereocenters. The van der Waals surface area contributed by atoms with Crippen LogP contribution in [0.25, 0.3) is 33.6 Å². The number of benzene rings is 1. The molecule has 5 aromatic rings. The maximum atomic E-state index is 12.6. The van der Waals surface area contributed by atoms with E-state index in [0.29, 0.717) is 18.1 Å². The summed E-state index contributed by atoms with van der Waals surface area (Å²) >= 11 is 0. The minimum absolute atomic E-state index is 0.000112. The van der Waals surface area contributed by atoms with Gasteiger partial charge in [-0.1, -0.05) is 6.07 Å². The summed E-state index contributed by atoms with van der Waals surface area (Å²) in [6, 6.07) is 9.26. The van der Waals surface area contributed by atoms with Crippen molar-refractivity contribution in [2.24, 2.45) is 0 Å². The lowest BCUT2D eigenvalue weighted by atomic mass is 10.1. The first-order valence-electron chi connectivity index (χ1n) is 8.90. The Morgan fingerprint density at radius 2 is 1.93 bits per heavy atom. The zero-order valence-electron chi connectivity index (χ0n) is 15.3. The average Bonchev–Trinajstić information content (AvgIpc) is 3.47. The Kier molecular flexibility index (Phi) is 4.20. The first-order valence-corrected chi connectivity index (χ1v) is 8.90. The van der Waals surface area contributed by atoms with Gasteiger partial charge in [-0.15, -0.1) is 10.2 Å². The smallest absolute Gasteiger partial charge is 0.314 e. The van der Waals surface area contributed by atoms with Gasteiger partial charge in [0.1, 0.15) is 0 Å². The van der Waals surface area contributed by atoms with Crippen LogP contribution < -0.4 is 5.73 Å². The molecule has 0 saturated heterocycles. The van der Waals surface area contributed by atoms with Gasteiger partial charge in [0.15, 0.2) is 5.95 Å². The number of nitrogens with two attached hydrogens (primary N) is 1. The van der Waals surface area contributed by atoms with Gasteiger partial charge < -0.3 is 15.1 Å². The third-order valence-corrected chi connectivity index (χ3v) is 4.49. The van der Waals surface area contributed by atoms with E-state index < -0.39 is 12.3 Å². The van der Waals surface area contributed by atoms with Gasteiger partial charge in [0.25, 0.3) is 5.89 Å². The summed E-state index contributed by atoms with van der Waals surface area (Å²) in [5, 5.41) is 11.3. The minimum Gasteiger partial charge on any atom is -0.415 e. The lowest BCUT2D eigenvalue weighted by molar-refractivity contribution is 0.116. The van der Waals surface area contributed by atoms with Crippen molar-refractivity contribution in [2.75, 3.05) is 5.73 Å². The van der Waals surface area contributed by atoms with Gasteiger partial charge >= 0.3 is 6.43 Å². The number of halogens is 2. The number of fused-ring (bicyclic) bond motifs is 1. The van der Waals surface area contributed by atoms with Gasteiger partial charge in [0.05, 0.1) is 35.0 Å². The molecule has 0 radical (unpaired) electrons. The highest BCUT2D eigenvalue weighted by atomic mass is 19.3. The van der Waals surface area contributed by atoms with Crippen molar-refractivity contribution in [3.8, 4) is 22.6 Å². The van der Waals surface area contributed by atoms with E-state index in [-0.39, 0.29) is 5.89 Å². The number of hydrogen-bond donors (Lipinski definition) is 2. The van der Waals surface area contributed by atoms with Crippen LogP contribution >= 0.6 is 0 Å². The first kappa shape index (κ1) is 17.9. The predicted octanol–water partition coefficient (Wildman–Crippen LogP) is 3.44. The largest absolute Gasteiger partial charge is 0.415 e. The molecule has 3 N–H and O–H groups in total. The topological polar surface area (TPSA) is 124 Å². The Hall–Kier alpha value is -4.15. The Morgan fingerprint density at radius 1 is 1.07 bits per heavy atom. The SMILES string of the molecule is Nc1nc2cc(-c3cnn(Cc4ccc(-c5nnc(C(F)F)o5)cn4)c3)ccc2[nH]1. The molecule has 0 aliphatic rings. The van der Waals surface area contributed by atoms with Crippen LogP contribution in [-0.4, -0.2) is 34.9 Å². The second-order valence-electron chi connectivity index (χ2n) is 6.56. The minimum atomic E-state index is -2.81. The molecule has 11 heteroatoms. The van der Waals surface area contributed by atoms with E-state index in [2.05, 4.69) is 30.2 Å². The number of nitrogens with zero attached hydrogens (tertiary/aromatic N) is 6. The van der Waals surface area contributed by atoms with Crippen LogP contribution in [0.4, 0.5) is 14.7 Å². The molecule has 0 saturated carbocycles. The number of H-pyrrole nitrogens is 1. The highest BCUT2D eigenvalue weighted by Gasteiger charge is 2.17. The summed E-state index contributed by atoms with van der Waals surface area (Å²) in [7, 11) is 0. The van der Waals surface area contributed by atoms with Crippen molar-refractivity contribution in [2.45, 2.75) is 13.0 Å². The van der Waals surface area contributed by atoms with Crippen molar-refractivity contribution in [1.82, 2.24) is 34.9 Å². The highest BCUT2D eigenvalue weighted by molar-refractivity contribution is 5.83. The molecule has 0 amide bonds. The standard InChI is InChI=1S/C19H14F2N8O/c20-16(21)18-28-27-17(30-18)11-1-3-13(23-6-11)9-29-8-12(7-24-29)10-2-4-14-15(5-10)26-19(22)25-14/h1-8,16H,9H2,(H3,22,25,26). The molecule has 150 valence electrons. The van der Waals surface area contributed by atoms with Crippen LogP contribution in [0.1, 0.15) is 18.0 Å². The van der Waals surface area contributed by atoms with Crippen LogP contribution in [0.3, 0.4) is 0 Å². The van der Waals surface area contributed by atoms with Gasteiger partial charge in [0, 0.05) is 18.0 Å². The van der Waals surface area contributed by atoms with Crippen LogP contribution in [0.5, 0.6) is 0 Å². The normalized spacial score (nSPS) is 11.6. The Balaban J connectivity index is 1.33. The molecule has 0 atom stereocenters. The summed E-state index contributed by atoms with van der Waals surface area (Å²) in [5.74, 6) is -0.340. The number of aromatic amines is 1. The Labute approximate surface area is 167 Å². The van der Waals surface area contributed by atoms with Gasteiger partial charge in [0.2, 0.25) is 5.89 Å². The number of aromatic nitrogens is 7. The third kappa shape index (κ3) is 3.36. The molecule has 4 aromatic heterocycles. The molecular formula is C19H14F2N8O. The summed E-state index contributed by atoms with van der Waals surface area (Å²) in [4.78, 5) is 11.6. The predicted molar refractivity (Wildman–Crippen MR) is 103 cm³/mol. The van der Waals surface area contributed by atoms with Gasteiger partial charge in [-0.3, -0.25) is 9.67 Å². The van der Waals surface area contributed by atoms with Crippen LogP contribution in [-0.2, 0) is 6.54 Å². The van der Waals surface area contributed by atoms with Crippen molar-refractivity contribution in [3.05, 3.63) is 60.5 Å². The fraction of sp³-hybridized carbons (Fsp3) is 0.105. The number of hydrogen-bond acceptors (Lipinski definition) is 7. The summed E-state index contributed by atoms with van der Waals surface area (Å²) in [5.41, 5.74) is 10.4. The Bertz CT molecular complexity index is 1320. The van der Waals surface area contributed by atoms with Crippen LogP contribution in [0.15, 0.2) is 53.3 Å². The van der Waals surface area contributed by atoms with E-state index >= 15 is 0 Å². The highest BCUT2D eigenvalue weighted by Crippen LogP contribution is 2.25.